The normalized spacial score (nSPS) is 17.2. The summed E-state index contributed by atoms with van der Waals surface area (Å²) in [7, 11) is 0. The third kappa shape index (κ3) is 2.24. The first-order chi connectivity index (χ1) is 7.52. The molecular formula is C11H14ClNO3. The molecule has 1 unspecified atom stereocenters. The largest absolute Gasteiger partial charge is 0.454 e. The molecule has 0 saturated heterocycles. The van der Waals surface area contributed by atoms with Crippen LogP contribution in [-0.4, -0.2) is 24.0 Å². The van der Waals surface area contributed by atoms with Gasteiger partial charge in [0.1, 0.15) is 0 Å². The van der Waals surface area contributed by atoms with Gasteiger partial charge in [-0.2, -0.15) is 0 Å². The first kappa shape index (κ1) is 11.5. The molecule has 0 aromatic heterocycles. The molecule has 1 aromatic rings. The van der Waals surface area contributed by atoms with Crippen molar-refractivity contribution in [1.29, 1.82) is 0 Å². The summed E-state index contributed by atoms with van der Waals surface area (Å²) >= 11 is 6.04. The van der Waals surface area contributed by atoms with Crippen LogP contribution in [0.2, 0.25) is 5.02 Å². The molecule has 0 spiro atoms. The van der Waals surface area contributed by atoms with Crippen LogP contribution in [0.1, 0.15) is 12.5 Å². The summed E-state index contributed by atoms with van der Waals surface area (Å²) in [6, 6.07) is 3.63. The predicted molar refractivity (Wildman–Crippen MR) is 61.0 cm³/mol. The third-order valence-electron chi connectivity index (χ3n) is 2.46. The molecule has 4 nitrogen and oxygen atoms in total. The van der Waals surface area contributed by atoms with Crippen LogP contribution in [0.4, 0.5) is 0 Å². The Balaban J connectivity index is 2.27. The Morgan fingerprint density at radius 3 is 2.94 bits per heavy atom. The number of hydrogen-bond acceptors (Lipinski definition) is 4. The number of ether oxygens (including phenoxy) is 2. The lowest BCUT2D eigenvalue weighted by Crippen LogP contribution is -2.42. The standard InChI is InChI=1S/C11H14ClNO3/c1-11(13,5-14)4-7-2-8(12)10-9(3-7)15-6-16-10/h2-3,14H,4-6,13H2,1H3. The Morgan fingerprint density at radius 1 is 1.50 bits per heavy atom. The summed E-state index contributed by atoms with van der Waals surface area (Å²) in [5, 5.41) is 9.62. The Hall–Kier alpha value is -0.970. The van der Waals surface area contributed by atoms with E-state index in [0.29, 0.717) is 22.9 Å². The molecular weight excluding hydrogens is 230 g/mol. The lowest BCUT2D eigenvalue weighted by atomic mass is 9.95. The van der Waals surface area contributed by atoms with E-state index in [1.807, 2.05) is 6.07 Å². The van der Waals surface area contributed by atoms with E-state index >= 15 is 0 Å². The van der Waals surface area contributed by atoms with Crippen LogP contribution >= 0.6 is 11.6 Å². The summed E-state index contributed by atoms with van der Waals surface area (Å²) < 4.78 is 10.5. The topological polar surface area (TPSA) is 64.7 Å². The van der Waals surface area contributed by atoms with Crippen molar-refractivity contribution < 1.29 is 14.6 Å². The molecule has 0 aliphatic carbocycles. The third-order valence-corrected chi connectivity index (χ3v) is 2.74. The van der Waals surface area contributed by atoms with E-state index in [-0.39, 0.29) is 13.4 Å². The van der Waals surface area contributed by atoms with Crippen molar-refractivity contribution in [1.82, 2.24) is 0 Å². The van der Waals surface area contributed by atoms with Gasteiger partial charge in [0.2, 0.25) is 6.79 Å². The fraction of sp³-hybridized carbons (Fsp3) is 0.455. The number of hydrogen-bond donors (Lipinski definition) is 2. The Labute approximate surface area is 98.9 Å². The van der Waals surface area contributed by atoms with Gasteiger partial charge in [-0.3, -0.25) is 0 Å². The van der Waals surface area contributed by atoms with Gasteiger partial charge in [-0.05, 0) is 31.0 Å². The van der Waals surface area contributed by atoms with Gasteiger partial charge in [-0.15, -0.1) is 0 Å². The highest BCUT2D eigenvalue weighted by Gasteiger charge is 2.22. The quantitative estimate of drug-likeness (QED) is 0.841. The second kappa shape index (κ2) is 4.13. The molecule has 88 valence electrons. The first-order valence-corrected chi connectivity index (χ1v) is 5.37. The highest BCUT2D eigenvalue weighted by Crippen LogP contribution is 2.40. The van der Waals surface area contributed by atoms with Gasteiger partial charge >= 0.3 is 0 Å². The molecule has 0 radical (unpaired) electrons. The summed E-state index contributed by atoms with van der Waals surface area (Å²) in [6.07, 6.45) is 0.528. The van der Waals surface area contributed by atoms with Crippen LogP contribution in [0, 0.1) is 0 Å². The summed E-state index contributed by atoms with van der Waals surface area (Å²) in [5.41, 5.74) is 6.15. The molecule has 3 N–H and O–H groups in total. The van der Waals surface area contributed by atoms with Gasteiger partial charge in [0, 0.05) is 5.54 Å². The maximum absolute atomic E-state index is 9.10. The van der Waals surface area contributed by atoms with Crippen molar-refractivity contribution in [2.24, 2.45) is 5.73 Å². The van der Waals surface area contributed by atoms with Crippen LogP contribution in [0.15, 0.2) is 12.1 Å². The summed E-state index contributed by atoms with van der Waals surface area (Å²) in [4.78, 5) is 0. The highest BCUT2D eigenvalue weighted by atomic mass is 35.5. The molecule has 0 bridgehead atoms. The fourth-order valence-corrected chi connectivity index (χ4v) is 1.93. The first-order valence-electron chi connectivity index (χ1n) is 4.99. The van der Waals surface area contributed by atoms with Crippen molar-refractivity contribution in [3.63, 3.8) is 0 Å². The zero-order chi connectivity index (χ0) is 11.8. The van der Waals surface area contributed by atoms with Gasteiger partial charge in [0.15, 0.2) is 11.5 Å². The van der Waals surface area contributed by atoms with Crippen LogP contribution < -0.4 is 15.2 Å². The maximum atomic E-state index is 9.10. The number of rotatable bonds is 3. The smallest absolute Gasteiger partial charge is 0.231 e. The second-order valence-corrected chi connectivity index (χ2v) is 4.71. The molecule has 5 heteroatoms. The van der Waals surface area contributed by atoms with Crippen LogP contribution in [0.25, 0.3) is 0 Å². The Bertz CT molecular complexity index is 406. The van der Waals surface area contributed by atoms with Crippen molar-refractivity contribution in [3.05, 3.63) is 22.7 Å². The molecule has 1 aliphatic heterocycles. The SMILES string of the molecule is CC(N)(CO)Cc1cc(Cl)c2c(c1)OCO2. The van der Waals surface area contributed by atoms with E-state index in [1.54, 1.807) is 13.0 Å². The molecule has 1 aliphatic rings. The monoisotopic (exact) mass is 243 g/mol. The average Bonchev–Trinajstić information content (AvgIpc) is 2.65. The van der Waals surface area contributed by atoms with Gasteiger partial charge in [0.25, 0.3) is 0 Å². The van der Waals surface area contributed by atoms with Crippen molar-refractivity contribution in [2.75, 3.05) is 13.4 Å². The number of halogens is 1. The minimum atomic E-state index is -0.656. The number of aliphatic hydroxyl groups excluding tert-OH is 1. The summed E-state index contributed by atoms with van der Waals surface area (Å²) in [6.45, 7) is 1.89. The fourth-order valence-electron chi connectivity index (χ4n) is 1.65. The van der Waals surface area contributed by atoms with Crippen molar-refractivity contribution in [2.45, 2.75) is 18.9 Å². The maximum Gasteiger partial charge on any atom is 0.231 e. The molecule has 1 aromatic carbocycles. The Kier molecular flexibility index (Phi) is 2.97. The van der Waals surface area contributed by atoms with Gasteiger partial charge in [0.05, 0.1) is 11.6 Å². The minimum Gasteiger partial charge on any atom is -0.454 e. The van der Waals surface area contributed by atoms with Crippen molar-refractivity contribution >= 4 is 11.6 Å². The van der Waals surface area contributed by atoms with Crippen molar-refractivity contribution in [3.8, 4) is 11.5 Å². The van der Waals surface area contributed by atoms with Crippen LogP contribution in [-0.2, 0) is 6.42 Å². The number of aliphatic hydroxyl groups is 1. The molecule has 1 heterocycles. The molecule has 1 atom stereocenters. The lowest BCUT2D eigenvalue weighted by molar-refractivity contribution is 0.174. The van der Waals surface area contributed by atoms with E-state index < -0.39 is 5.54 Å². The van der Waals surface area contributed by atoms with E-state index in [0.717, 1.165) is 5.56 Å². The molecule has 16 heavy (non-hydrogen) atoms. The molecule has 0 fully saturated rings. The van der Waals surface area contributed by atoms with Gasteiger partial charge in [-0.1, -0.05) is 11.6 Å². The number of nitrogens with two attached hydrogens (primary N) is 1. The second-order valence-electron chi connectivity index (χ2n) is 4.30. The molecule has 2 rings (SSSR count). The van der Waals surface area contributed by atoms with Crippen LogP contribution in [0.5, 0.6) is 11.5 Å². The predicted octanol–water partition coefficient (Wildman–Crippen LogP) is 1.32. The van der Waals surface area contributed by atoms with E-state index in [1.165, 1.54) is 0 Å². The van der Waals surface area contributed by atoms with E-state index in [9.17, 15) is 0 Å². The molecule has 0 saturated carbocycles. The van der Waals surface area contributed by atoms with E-state index in [4.69, 9.17) is 31.9 Å². The Morgan fingerprint density at radius 2 is 2.25 bits per heavy atom. The van der Waals surface area contributed by atoms with Gasteiger partial charge < -0.3 is 20.3 Å². The number of benzene rings is 1. The highest BCUT2D eigenvalue weighted by molar-refractivity contribution is 6.32. The average molecular weight is 244 g/mol. The van der Waals surface area contributed by atoms with Gasteiger partial charge in [-0.25, -0.2) is 0 Å². The summed E-state index contributed by atoms with van der Waals surface area (Å²) in [5.74, 6) is 1.21. The van der Waals surface area contributed by atoms with E-state index in [2.05, 4.69) is 0 Å². The number of fused-ring (bicyclic) bond motifs is 1. The minimum absolute atomic E-state index is 0.0843. The van der Waals surface area contributed by atoms with Crippen LogP contribution in [0.3, 0.4) is 0 Å². The lowest BCUT2D eigenvalue weighted by Gasteiger charge is -2.21. The molecule has 0 amide bonds. The zero-order valence-electron chi connectivity index (χ0n) is 9.00. The zero-order valence-corrected chi connectivity index (χ0v) is 9.75.